The third-order valence-corrected chi connectivity index (χ3v) is 12.1. The van der Waals surface area contributed by atoms with Gasteiger partial charge < -0.3 is 36.0 Å². The van der Waals surface area contributed by atoms with Crippen LogP contribution < -0.4 is 31.5 Å². The molecule has 4 aliphatic heterocycles. The molecule has 3 atom stereocenters. The first-order valence-corrected chi connectivity index (χ1v) is 20.8. The second kappa shape index (κ2) is 17.2. The van der Waals surface area contributed by atoms with E-state index in [-0.39, 0.29) is 35.4 Å². The first-order valence-electron chi connectivity index (χ1n) is 20.4. The van der Waals surface area contributed by atoms with Crippen molar-refractivity contribution in [2.75, 3.05) is 72.0 Å². The Hall–Kier alpha value is -6.58. The number of carbonyl (C=O) groups is 4. The average molecular weight is 843 g/mol. The summed E-state index contributed by atoms with van der Waals surface area (Å²) in [7, 11) is 0. The van der Waals surface area contributed by atoms with Crippen LogP contribution in [-0.2, 0) is 9.59 Å². The second-order valence-corrected chi connectivity index (χ2v) is 16.6. The second-order valence-electron chi connectivity index (χ2n) is 16.1. The number of nitrogens with zero attached hydrogens (tertiary/aromatic N) is 5. The highest BCUT2D eigenvalue weighted by molar-refractivity contribution is 6.33. The highest BCUT2D eigenvalue weighted by atomic mass is 35.5. The molecule has 5 N–H and O–H groups in total. The van der Waals surface area contributed by atoms with E-state index in [2.05, 4.69) is 58.5 Å². The Labute approximate surface area is 356 Å². The zero-order valence-electron chi connectivity index (χ0n) is 33.1. The van der Waals surface area contributed by atoms with Crippen LogP contribution in [0.4, 0.5) is 44.6 Å². The molecule has 312 valence electrons. The number of hydrogen-bond donors (Lipinski definition) is 5. The van der Waals surface area contributed by atoms with Gasteiger partial charge in [0.05, 0.1) is 16.9 Å². The van der Waals surface area contributed by atoms with Gasteiger partial charge in [0.25, 0.3) is 11.8 Å². The van der Waals surface area contributed by atoms with Gasteiger partial charge in [0.1, 0.15) is 6.04 Å². The summed E-state index contributed by atoms with van der Waals surface area (Å²) >= 11 is 6.16. The van der Waals surface area contributed by atoms with E-state index in [4.69, 9.17) is 11.6 Å². The van der Waals surface area contributed by atoms with Gasteiger partial charge in [-0.05, 0) is 103 Å². The summed E-state index contributed by atoms with van der Waals surface area (Å²) in [4.78, 5) is 65.1. The van der Waals surface area contributed by atoms with E-state index in [0.29, 0.717) is 63.8 Å². The minimum Gasteiger partial charge on any atom is -0.374 e. The molecule has 4 amide bonds. The van der Waals surface area contributed by atoms with Crippen LogP contribution in [0, 0.1) is 23.6 Å². The number of halogens is 2. The number of rotatable bonds is 12. The molecule has 0 radical (unpaired) electrons. The molecule has 0 spiro atoms. The predicted molar refractivity (Wildman–Crippen MR) is 232 cm³/mol. The van der Waals surface area contributed by atoms with Crippen molar-refractivity contribution in [1.29, 1.82) is 0 Å². The molecule has 0 saturated carbocycles. The minimum atomic E-state index is -0.650. The number of piperidine rings is 1. The van der Waals surface area contributed by atoms with Crippen molar-refractivity contribution in [2.24, 2.45) is 17.8 Å². The summed E-state index contributed by atoms with van der Waals surface area (Å²) in [5.41, 5.74) is 4.69. The van der Waals surface area contributed by atoms with Gasteiger partial charge in [0.2, 0.25) is 17.8 Å². The normalized spacial score (nSPS) is 20.1. The number of anilines is 7. The zero-order valence-corrected chi connectivity index (χ0v) is 33.9. The lowest BCUT2D eigenvalue weighted by atomic mass is 9.98. The van der Waals surface area contributed by atoms with Crippen molar-refractivity contribution in [1.82, 2.24) is 25.1 Å². The maximum Gasteiger partial charge on any atom is 0.255 e. The molecule has 14 nitrogen and oxygen atoms in total. The van der Waals surface area contributed by atoms with Gasteiger partial charge >= 0.3 is 0 Å². The molecule has 16 heteroatoms. The van der Waals surface area contributed by atoms with E-state index < -0.39 is 11.9 Å². The Morgan fingerprint density at radius 1 is 0.787 bits per heavy atom. The lowest BCUT2D eigenvalue weighted by molar-refractivity contribution is -0.133. The van der Waals surface area contributed by atoms with Gasteiger partial charge in [-0.25, -0.2) is 9.37 Å². The third kappa shape index (κ3) is 9.12. The summed E-state index contributed by atoms with van der Waals surface area (Å²) in [5.74, 6) is 0.165. The van der Waals surface area contributed by atoms with Crippen molar-refractivity contribution in [3.05, 3.63) is 125 Å². The lowest BCUT2D eigenvalue weighted by Gasteiger charge is -2.43. The maximum absolute atomic E-state index is 14.7. The Kier molecular flexibility index (Phi) is 11.2. The van der Waals surface area contributed by atoms with E-state index >= 15 is 0 Å². The molecule has 9 rings (SSSR count). The fraction of sp³-hybridized carbons (Fsp3) is 0.289. The summed E-state index contributed by atoms with van der Waals surface area (Å²) in [6, 6.07) is 28.3. The average Bonchev–Trinajstić information content (AvgIpc) is 3.82. The SMILES string of the molecule is O=C1CCC(Nc2ccc(N3CC(CN4CC5CN(C(=O)c6ccc(Nc7ncc(F)c(Nc8ccc(C(=O)Nc9ccccc9Cl)cc8)n7)cc6)CC5C4)C3)cc2)C(=O)N1. The molecule has 3 unspecified atom stereocenters. The number of aromatic nitrogens is 2. The number of carbonyl (C=O) groups excluding carboxylic acids is 4. The Balaban J connectivity index is 0.712. The van der Waals surface area contributed by atoms with Gasteiger partial charge in [-0.3, -0.25) is 24.5 Å². The summed E-state index contributed by atoms with van der Waals surface area (Å²) in [6.45, 7) is 6.52. The van der Waals surface area contributed by atoms with Gasteiger partial charge in [-0.2, -0.15) is 4.98 Å². The Morgan fingerprint density at radius 2 is 1.44 bits per heavy atom. The first-order chi connectivity index (χ1) is 29.6. The molecule has 4 aliphatic rings. The summed E-state index contributed by atoms with van der Waals surface area (Å²) < 4.78 is 14.7. The quantitative estimate of drug-likeness (QED) is 0.0888. The van der Waals surface area contributed by atoms with Crippen molar-refractivity contribution >= 4 is 75.4 Å². The number of para-hydroxylation sites is 1. The molecule has 4 aromatic carbocycles. The number of benzene rings is 4. The molecular weight excluding hydrogens is 799 g/mol. The molecular formula is C45H44ClFN10O4. The van der Waals surface area contributed by atoms with Crippen LogP contribution in [0.2, 0.25) is 5.02 Å². The third-order valence-electron chi connectivity index (χ3n) is 11.8. The van der Waals surface area contributed by atoms with E-state index in [1.807, 2.05) is 17.0 Å². The number of imide groups is 1. The maximum atomic E-state index is 14.7. The number of fused-ring (bicyclic) bond motifs is 1. The van der Waals surface area contributed by atoms with Gasteiger partial charge in [0, 0.05) is 92.0 Å². The molecule has 5 aromatic rings. The van der Waals surface area contributed by atoms with Crippen LogP contribution >= 0.6 is 11.6 Å². The number of nitrogens with one attached hydrogen (secondary N) is 5. The molecule has 0 bridgehead atoms. The molecule has 4 saturated heterocycles. The first kappa shape index (κ1) is 39.9. The van der Waals surface area contributed by atoms with Crippen LogP contribution in [0.5, 0.6) is 0 Å². The van der Waals surface area contributed by atoms with Crippen molar-refractivity contribution < 1.29 is 23.6 Å². The summed E-state index contributed by atoms with van der Waals surface area (Å²) in [5, 5.41) is 14.9. The fourth-order valence-corrected chi connectivity index (χ4v) is 8.77. The standard InChI is InChI=1S/C45H44ClFN10O4/c46-36-3-1-2-4-38(36)52-42(59)28-5-9-33(10-6-28)50-41-37(47)19-48-45(54-41)51-34-11-7-29(8-12-34)44(61)57-25-30-23-55(24-31(30)26-57)20-27-21-56(22-27)35-15-13-32(14-16-35)49-39-17-18-40(58)53-43(39)60/h1-16,19,27,30-31,39,49H,17-18,20-26H2,(H,52,59)(H,53,58,60)(H2,48,50,51,54). The summed E-state index contributed by atoms with van der Waals surface area (Å²) in [6.07, 6.45) is 1.91. The largest absolute Gasteiger partial charge is 0.374 e. The van der Waals surface area contributed by atoms with Crippen molar-refractivity contribution in [2.45, 2.75) is 18.9 Å². The molecule has 4 fully saturated rings. The van der Waals surface area contributed by atoms with Crippen molar-refractivity contribution in [3.63, 3.8) is 0 Å². The van der Waals surface area contributed by atoms with Crippen LogP contribution in [-0.4, -0.2) is 95.3 Å². The molecule has 0 aliphatic carbocycles. The van der Waals surface area contributed by atoms with E-state index in [9.17, 15) is 23.6 Å². The van der Waals surface area contributed by atoms with E-state index in [0.717, 1.165) is 63.4 Å². The van der Waals surface area contributed by atoms with Gasteiger partial charge in [0.15, 0.2) is 11.6 Å². The van der Waals surface area contributed by atoms with Gasteiger partial charge in [-0.1, -0.05) is 23.7 Å². The van der Waals surface area contributed by atoms with Crippen LogP contribution in [0.1, 0.15) is 33.6 Å². The monoisotopic (exact) mass is 842 g/mol. The van der Waals surface area contributed by atoms with E-state index in [1.165, 1.54) is 0 Å². The molecule has 61 heavy (non-hydrogen) atoms. The molecule has 1 aromatic heterocycles. The highest BCUT2D eigenvalue weighted by Gasteiger charge is 2.43. The fourth-order valence-electron chi connectivity index (χ4n) is 8.59. The Bertz CT molecular complexity index is 2440. The Morgan fingerprint density at radius 3 is 2.13 bits per heavy atom. The molecule has 5 heterocycles. The van der Waals surface area contributed by atoms with Crippen molar-refractivity contribution in [3.8, 4) is 0 Å². The zero-order chi connectivity index (χ0) is 42.0. The smallest absolute Gasteiger partial charge is 0.255 e. The van der Waals surface area contributed by atoms with Crippen LogP contribution in [0.15, 0.2) is 103 Å². The van der Waals surface area contributed by atoms with Crippen LogP contribution in [0.25, 0.3) is 0 Å². The highest BCUT2D eigenvalue weighted by Crippen LogP contribution is 2.34. The predicted octanol–water partition coefficient (Wildman–Crippen LogP) is 6.37. The van der Waals surface area contributed by atoms with Crippen LogP contribution in [0.3, 0.4) is 0 Å². The number of likely N-dealkylation sites (tertiary alicyclic amines) is 2. The number of amides is 4. The van der Waals surface area contributed by atoms with E-state index in [1.54, 1.807) is 72.8 Å². The lowest BCUT2D eigenvalue weighted by Crippen LogP contribution is -2.51. The minimum absolute atomic E-state index is 0.0114. The number of hydrogen-bond acceptors (Lipinski definition) is 11. The topological polar surface area (TPSA) is 164 Å². The van der Waals surface area contributed by atoms with Gasteiger partial charge in [-0.15, -0.1) is 0 Å².